The minimum atomic E-state index is -0.849. The fourth-order valence-corrected chi connectivity index (χ4v) is 2.40. The predicted molar refractivity (Wildman–Crippen MR) is 93.9 cm³/mol. The Labute approximate surface area is 151 Å². The molecule has 0 spiro atoms. The Kier molecular flexibility index (Phi) is 5.26. The minimum Gasteiger partial charge on any atom is -0.485 e. The predicted octanol–water partition coefficient (Wildman–Crippen LogP) is 1.75. The zero-order valence-corrected chi connectivity index (χ0v) is 14.5. The molecule has 3 rings (SSSR count). The van der Waals surface area contributed by atoms with Gasteiger partial charge in [-0.05, 0) is 43.7 Å². The van der Waals surface area contributed by atoms with Crippen molar-refractivity contribution >= 4 is 11.8 Å². The van der Waals surface area contributed by atoms with Gasteiger partial charge in [0.2, 0.25) is 6.10 Å². The number of hydrogen-bond donors (Lipinski definition) is 2. The smallest absolute Gasteiger partial charge is 0.283 e. The van der Waals surface area contributed by atoms with Crippen LogP contribution in [0.3, 0.4) is 0 Å². The van der Waals surface area contributed by atoms with E-state index in [0.29, 0.717) is 17.2 Å². The first-order chi connectivity index (χ1) is 12.5. The highest BCUT2D eigenvalue weighted by Crippen LogP contribution is 2.30. The molecule has 1 aliphatic rings. The van der Waals surface area contributed by atoms with Gasteiger partial charge in [-0.2, -0.15) is 0 Å². The Morgan fingerprint density at radius 3 is 2.65 bits per heavy atom. The molecule has 2 amide bonds. The lowest BCUT2D eigenvalue weighted by atomic mass is 10.2. The molecule has 0 bridgehead atoms. The lowest BCUT2D eigenvalue weighted by Crippen LogP contribution is -2.53. The van der Waals surface area contributed by atoms with Crippen molar-refractivity contribution in [2.45, 2.75) is 26.1 Å². The van der Waals surface area contributed by atoms with E-state index < -0.39 is 24.0 Å². The molecule has 7 heteroatoms. The van der Waals surface area contributed by atoms with E-state index in [2.05, 4.69) is 10.9 Å². The Bertz CT molecular complexity index is 808. The topological polar surface area (TPSA) is 85.9 Å². The molecule has 136 valence electrons. The van der Waals surface area contributed by atoms with E-state index in [1.165, 1.54) is 0 Å². The molecule has 2 aromatic carbocycles. The van der Waals surface area contributed by atoms with E-state index in [-0.39, 0.29) is 6.61 Å². The number of hydrogen-bond acceptors (Lipinski definition) is 5. The normalized spacial score (nSPS) is 16.3. The van der Waals surface area contributed by atoms with Gasteiger partial charge in [-0.1, -0.05) is 24.3 Å². The van der Waals surface area contributed by atoms with Crippen molar-refractivity contribution in [3.8, 4) is 17.2 Å². The number of amides is 2. The quantitative estimate of drug-likeness (QED) is 0.815. The zero-order chi connectivity index (χ0) is 18.5. The van der Waals surface area contributed by atoms with Crippen molar-refractivity contribution < 1.29 is 23.8 Å². The molecule has 0 aromatic heterocycles. The van der Waals surface area contributed by atoms with Crippen molar-refractivity contribution in [1.29, 1.82) is 0 Å². The van der Waals surface area contributed by atoms with Gasteiger partial charge in [0.1, 0.15) is 12.4 Å². The summed E-state index contributed by atoms with van der Waals surface area (Å²) in [5, 5.41) is 0. The zero-order valence-electron chi connectivity index (χ0n) is 14.5. The van der Waals surface area contributed by atoms with Gasteiger partial charge in [0.25, 0.3) is 11.8 Å². The molecule has 0 radical (unpaired) electrons. The van der Waals surface area contributed by atoms with Gasteiger partial charge in [0, 0.05) is 0 Å². The number of ether oxygens (including phenoxy) is 3. The van der Waals surface area contributed by atoms with Crippen molar-refractivity contribution in [1.82, 2.24) is 10.9 Å². The first kappa shape index (κ1) is 17.6. The average molecular weight is 356 g/mol. The monoisotopic (exact) mass is 356 g/mol. The van der Waals surface area contributed by atoms with Crippen molar-refractivity contribution in [2.24, 2.45) is 0 Å². The van der Waals surface area contributed by atoms with Gasteiger partial charge in [-0.15, -0.1) is 0 Å². The average Bonchev–Trinajstić information content (AvgIpc) is 2.65. The van der Waals surface area contributed by atoms with Crippen molar-refractivity contribution in [3.63, 3.8) is 0 Å². The molecule has 2 aromatic rings. The summed E-state index contributed by atoms with van der Waals surface area (Å²) in [7, 11) is 0. The van der Waals surface area contributed by atoms with Crippen LogP contribution >= 0.6 is 0 Å². The lowest BCUT2D eigenvalue weighted by molar-refractivity contribution is -0.137. The fourth-order valence-electron chi connectivity index (χ4n) is 2.40. The lowest BCUT2D eigenvalue weighted by Gasteiger charge is -2.25. The van der Waals surface area contributed by atoms with Crippen LogP contribution in [0.25, 0.3) is 0 Å². The number of carbonyl (C=O) groups is 2. The van der Waals surface area contributed by atoms with Crippen LogP contribution in [0.5, 0.6) is 17.2 Å². The van der Waals surface area contributed by atoms with Gasteiger partial charge < -0.3 is 14.2 Å². The molecule has 0 aliphatic carbocycles. The number of benzene rings is 2. The summed E-state index contributed by atoms with van der Waals surface area (Å²) in [4.78, 5) is 24.3. The Balaban J connectivity index is 1.49. The molecule has 2 atom stereocenters. The summed E-state index contributed by atoms with van der Waals surface area (Å²) >= 11 is 0. The highest BCUT2D eigenvalue weighted by molar-refractivity contribution is 5.86. The van der Waals surface area contributed by atoms with Crippen LogP contribution in [-0.4, -0.2) is 30.6 Å². The summed E-state index contributed by atoms with van der Waals surface area (Å²) in [6.07, 6.45) is -1.63. The van der Waals surface area contributed by atoms with E-state index in [9.17, 15) is 9.59 Å². The maximum atomic E-state index is 12.2. The molecule has 0 saturated heterocycles. The largest absolute Gasteiger partial charge is 0.485 e. The molecule has 0 unspecified atom stereocenters. The van der Waals surface area contributed by atoms with E-state index in [1.807, 2.05) is 31.2 Å². The molecule has 1 aliphatic heterocycles. The first-order valence-electron chi connectivity index (χ1n) is 8.24. The highest BCUT2D eigenvalue weighted by Gasteiger charge is 2.28. The van der Waals surface area contributed by atoms with Crippen LogP contribution in [0.2, 0.25) is 0 Å². The van der Waals surface area contributed by atoms with Gasteiger partial charge in [0.15, 0.2) is 17.6 Å². The summed E-state index contributed by atoms with van der Waals surface area (Å²) in [6, 6.07) is 14.4. The van der Waals surface area contributed by atoms with Gasteiger partial charge in [0.05, 0.1) is 0 Å². The fraction of sp³-hybridized carbons (Fsp3) is 0.263. The third-order valence-electron chi connectivity index (χ3n) is 3.78. The second kappa shape index (κ2) is 7.77. The molecule has 2 N–H and O–H groups in total. The Hall–Kier alpha value is -3.22. The van der Waals surface area contributed by atoms with E-state index in [0.717, 1.165) is 5.56 Å². The molecule has 0 saturated carbocycles. The number of fused-ring (bicyclic) bond motifs is 1. The Morgan fingerprint density at radius 2 is 1.88 bits per heavy atom. The van der Waals surface area contributed by atoms with Crippen LogP contribution in [-0.2, 0) is 9.59 Å². The third-order valence-corrected chi connectivity index (χ3v) is 3.78. The number of rotatable bonds is 4. The second-order valence-corrected chi connectivity index (χ2v) is 5.92. The number of para-hydroxylation sites is 2. The first-order valence-corrected chi connectivity index (χ1v) is 8.24. The van der Waals surface area contributed by atoms with Crippen LogP contribution in [0.15, 0.2) is 48.5 Å². The molecule has 1 heterocycles. The number of aryl methyl sites for hydroxylation is 1. The maximum Gasteiger partial charge on any atom is 0.283 e. The van der Waals surface area contributed by atoms with Crippen molar-refractivity contribution in [3.05, 3.63) is 54.1 Å². The molecular formula is C19H20N2O5. The van der Waals surface area contributed by atoms with Gasteiger partial charge >= 0.3 is 0 Å². The van der Waals surface area contributed by atoms with Gasteiger partial charge in [-0.3, -0.25) is 20.4 Å². The summed E-state index contributed by atoms with van der Waals surface area (Å²) in [5.74, 6) is 0.675. The van der Waals surface area contributed by atoms with E-state index in [1.54, 1.807) is 31.2 Å². The Morgan fingerprint density at radius 1 is 1.12 bits per heavy atom. The van der Waals surface area contributed by atoms with E-state index in [4.69, 9.17) is 14.2 Å². The second-order valence-electron chi connectivity index (χ2n) is 5.92. The molecular weight excluding hydrogens is 336 g/mol. The molecule has 7 nitrogen and oxygen atoms in total. The third kappa shape index (κ3) is 4.24. The SMILES string of the molecule is Cc1cccc(O[C@H](C)C(=O)NNC(=O)[C@@H]2COc3ccccc3O2)c1. The minimum absolute atomic E-state index is 0.0636. The van der Waals surface area contributed by atoms with Crippen LogP contribution < -0.4 is 25.1 Å². The van der Waals surface area contributed by atoms with Crippen LogP contribution in [0.1, 0.15) is 12.5 Å². The number of carbonyl (C=O) groups excluding carboxylic acids is 2. The molecule has 26 heavy (non-hydrogen) atoms. The summed E-state index contributed by atoms with van der Waals surface area (Å²) in [5.41, 5.74) is 5.70. The van der Waals surface area contributed by atoms with Crippen molar-refractivity contribution in [2.75, 3.05) is 6.61 Å². The standard InChI is InChI=1S/C19H20N2O5/c1-12-6-5-7-14(10-12)25-13(2)18(22)20-21-19(23)17-11-24-15-8-3-4-9-16(15)26-17/h3-10,13,17H,11H2,1-2H3,(H,20,22)(H,21,23)/t13-,17+/m1/s1. The number of nitrogens with one attached hydrogen (secondary N) is 2. The highest BCUT2D eigenvalue weighted by atomic mass is 16.6. The molecule has 0 fully saturated rings. The summed E-state index contributed by atoms with van der Waals surface area (Å²) in [6.45, 7) is 3.59. The van der Waals surface area contributed by atoms with Crippen LogP contribution in [0.4, 0.5) is 0 Å². The van der Waals surface area contributed by atoms with Gasteiger partial charge in [-0.25, -0.2) is 0 Å². The maximum absolute atomic E-state index is 12.2. The number of hydrazine groups is 1. The van der Waals surface area contributed by atoms with E-state index >= 15 is 0 Å². The summed E-state index contributed by atoms with van der Waals surface area (Å²) < 4.78 is 16.6. The van der Waals surface area contributed by atoms with Crippen LogP contribution in [0, 0.1) is 6.92 Å².